The van der Waals surface area contributed by atoms with Crippen LogP contribution < -0.4 is 4.90 Å². The molecular formula is C14H14N2O3. The van der Waals surface area contributed by atoms with E-state index in [9.17, 15) is 4.79 Å². The normalized spacial score (nSPS) is 13.4. The fourth-order valence-electron chi connectivity index (χ4n) is 1.82. The molecule has 3 rings (SSSR count). The van der Waals surface area contributed by atoms with Crippen molar-refractivity contribution in [3.8, 4) is 11.5 Å². The third-order valence-corrected chi connectivity index (χ3v) is 2.83. The number of nitrogens with zero attached hydrogens (tertiary/aromatic N) is 2. The third kappa shape index (κ3) is 2.31. The van der Waals surface area contributed by atoms with Gasteiger partial charge in [0.2, 0.25) is 17.5 Å². The van der Waals surface area contributed by atoms with Crippen molar-refractivity contribution < 1.29 is 13.9 Å². The molecule has 5 heteroatoms. The topological polar surface area (TPSA) is 55.3 Å². The molecule has 0 unspecified atom stereocenters. The summed E-state index contributed by atoms with van der Waals surface area (Å²) < 4.78 is 10.7. The zero-order chi connectivity index (χ0) is 13.2. The highest BCUT2D eigenvalue weighted by molar-refractivity contribution is 5.93. The van der Waals surface area contributed by atoms with Gasteiger partial charge < -0.3 is 14.1 Å². The molecule has 0 N–H and O–H groups in total. The van der Waals surface area contributed by atoms with Gasteiger partial charge in [0.05, 0.1) is 6.61 Å². The van der Waals surface area contributed by atoms with Gasteiger partial charge in [-0.15, -0.1) is 0 Å². The summed E-state index contributed by atoms with van der Waals surface area (Å²) in [5.41, 5.74) is 1.11. The van der Waals surface area contributed by atoms with Crippen molar-refractivity contribution >= 4 is 11.9 Å². The largest absolute Gasteiger partial charge is 0.461 e. The summed E-state index contributed by atoms with van der Waals surface area (Å²) in [6.45, 7) is 3.87. The fraction of sp³-hybridized carbons (Fsp3) is 0.286. The number of carbonyl (C=O) groups is 1. The second-order valence-electron chi connectivity index (χ2n) is 4.25. The van der Waals surface area contributed by atoms with E-state index < -0.39 is 5.97 Å². The Balaban J connectivity index is 1.99. The average molecular weight is 258 g/mol. The van der Waals surface area contributed by atoms with Gasteiger partial charge in [-0.3, -0.25) is 0 Å². The highest BCUT2D eigenvalue weighted by Gasteiger charge is 2.31. The summed E-state index contributed by atoms with van der Waals surface area (Å²) in [6, 6.07) is 9.52. The molecule has 1 aromatic heterocycles. The van der Waals surface area contributed by atoms with Crippen molar-refractivity contribution in [2.75, 3.05) is 24.6 Å². The van der Waals surface area contributed by atoms with Gasteiger partial charge in [0.1, 0.15) is 0 Å². The Hall–Kier alpha value is -2.30. The van der Waals surface area contributed by atoms with E-state index >= 15 is 0 Å². The van der Waals surface area contributed by atoms with Crippen LogP contribution in [0.3, 0.4) is 0 Å². The molecule has 5 nitrogen and oxygen atoms in total. The van der Waals surface area contributed by atoms with Crippen LogP contribution in [0.5, 0.6) is 0 Å². The molecule has 19 heavy (non-hydrogen) atoms. The van der Waals surface area contributed by atoms with Crippen LogP contribution in [-0.2, 0) is 4.74 Å². The molecule has 0 radical (unpaired) electrons. The van der Waals surface area contributed by atoms with Crippen molar-refractivity contribution in [3.63, 3.8) is 0 Å². The minimum Gasteiger partial charge on any atom is -0.461 e. The van der Waals surface area contributed by atoms with Gasteiger partial charge in [0, 0.05) is 18.7 Å². The summed E-state index contributed by atoms with van der Waals surface area (Å²) in [5, 5.41) is 0. The Bertz CT molecular complexity index is 588. The van der Waals surface area contributed by atoms with Crippen molar-refractivity contribution in [2.24, 2.45) is 0 Å². The molecule has 0 spiro atoms. The van der Waals surface area contributed by atoms with Gasteiger partial charge in [-0.1, -0.05) is 18.2 Å². The maximum absolute atomic E-state index is 11.9. The van der Waals surface area contributed by atoms with Gasteiger partial charge in [-0.25, -0.2) is 4.79 Å². The maximum Gasteiger partial charge on any atom is 0.362 e. The first kappa shape index (κ1) is 11.8. The number of hydrogen-bond acceptors (Lipinski definition) is 5. The van der Waals surface area contributed by atoms with Crippen LogP contribution >= 0.6 is 0 Å². The van der Waals surface area contributed by atoms with E-state index in [1.54, 1.807) is 6.92 Å². The van der Waals surface area contributed by atoms with Crippen molar-refractivity contribution in [3.05, 3.63) is 36.0 Å². The number of oxazole rings is 1. The lowest BCUT2D eigenvalue weighted by Gasteiger charge is -2.00. The predicted molar refractivity (Wildman–Crippen MR) is 70.1 cm³/mol. The van der Waals surface area contributed by atoms with Crippen molar-refractivity contribution in [1.82, 2.24) is 4.98 Å². The van der Waals surface area contributed by atoms with Crippen LogP contribution in [0, 0.1) is 0 Å². The average Bonchev–Trinajstić information content (AvgIpc) is 3.19. The number of benzene rings is 1. The minimum atomic E-state index is -0.435. The molecule has 0 amide bonds. The number of carbonyl (C=O) groups excluding carboxylic acids is 1. The molecule has 1 aliphatic rings. The standard InChI is InChI=1S/C14H14N2O3/c1-2-18-14(17)11-13(16-8-9-16)19-12(15-11)10-6-4-3-5-7-10/h3-7H,2,8-9H2,1H3. The SMILES string of the molecule is CCOC(=O)c1nc(-c2ccccc2)oc1N1CC1. The molecular weight excluding hydrogens is 244 g/mol. The van der Waals surface area contributed by atoms with Crippen LogP contribution in [0.1, 0.15) is 17.4 Å². The first-order chi connectivity index (χ1) is 9.29. The second kappa shape index (κ2) is 4.76. The van der Waals surface area contributed by atoms with E-state index in [-0.39, 0.29) is 5.69 Å². The van der Waals surface area contributed by atoms with E-state index in [0.29, 0.717) is 18.4 Å². The van der Waals surface area contributed by atoms with Crippen LogP contribution in [0.4, 0.5) is 5.88 Å². The molecule has 0 bridgehead atoms. The van der Waals surface area contributed by atoms with Crippen LogP contribution in [-0.4, -0.2) is 30.6 Å². The van der Waals surface area contributed by atoms with Gasteiger partial charge in [0.15, 0.2) is 0 Å². The molecule has 0 saturated carbocycles. The third-order valence-electron chi connectivity index (χ3n) is 2.83. The summed E-state index contributed by atoms with van der Waals surface area (Å²) in [5.74, 6) is 0.526. The summed E-state index contributed by atoms with van der Waals surface area (Å²) in [7, 11) is 0. The van der Waals surface area contributed by atoms with Gasteiger partial charge in [0.25, 0.3) is 0 Å². The molecule has 1 aliphatic heterocycles. The van der Waals surface area contributed by atoms with Crippen molar-refractivity contribution in [1.29, 1.82) is 0 Å². The Labute approximate surface area is 110 Å². The summed E-state index contributed by atoms with van der Waals surface area (Å²) in [6.07, 6.45) is 0. The number of ether oxygens (including phenoxy) is 1. The minimum absolute atomic E-state index is 0.262. The molecule has 98 valence electrons. The van der Waals surface area contributed by atoms with E-state index in [1.165, 1.54) is 0 Å². The van der Waals surface area contributed by atoms with E-state index in [2.05, 4.69) is 4.98 Å². The lowest BCUT2D eigenvalue weighted by atomic mass is 10.2. The van der Waals surface area contributed by atoms with Crippen LogP contribution in [0.2, 0.25) is 0 Å². The van der Waals surface area contributed by atoms with Crippen LogP contribution in [0.15, 0.2) is 34.7 Å². The Kier molecular flexibility index (Phi) is 2.95. The summed E-state index contributed by atoms with van der Waals surface area (Å²) in [4.78, 5) is 18.1. The highest BCUT2D eigenvalue weighted by Crippen LogP contribution is 2.31. The van der Waals surface area contributed by atoms with Gasteiger partial charge in [-0.05, 0) is 19.1 Å². The molecule has 2 aromatic rings. The first-order valence-corrected chi connectivity index (χ1v) is 6.28. The number of esters is 1. The van der Waals surface area contributed by atoms with E-state index in [1.807, 2.05) is 35.2 Å². The quantitative estimate of drug-likeness (QED) is 0.622. The molecule has 0 atom stereocenters. The Morgan fingerprint density at radius 1 is 1.37 bits per heavy atom. The fourth-order valence-corrected chi connectivity index (χ4v) is 1.82. The lowest BCUT2D eigenvalue weighted by Crippen LogP contribution is -2.08. The van der Waals surface area contributed by atoms with Crippen LogP contribution in [0.25, 0.3) is 11.5 Å². The Morgan fingerprint density at radius 3 is 2.74 bits per heavy atom. The molecule has 1 saturated heterocycles. The van der Waals surface area contributed by atoms with Gasteiger partial charge >= 0.3 is 5.97 Å². The zero-order valence-corrected chi connectivity index (χ0v) is 10.6. The number of rotatable bonds is 4. The second-order valence-corrected chi connectivity index (χ2v) is 4.25. The van der Waals surface area contributed by atoms with E-state index in [0.717, 1.165) is 18.7 Å². The first-order valence-electron chi connectivity index (χ1n) is 6.28. The van der Waals surface area contributed by atoms with E-state index in [4.69, 9.17) is 9.15 Å². The molecule has 1 fully saturated rings. The number of anilines is 1. The smallest absolute Gasteiger partial charge is 0.362 e. The number of hydrogen-bond donors (Lipinski definition) is 0. The Morgan fingerprint density at radius 2 is 2.11 bits per heavy atom. The number of aromatic nitrogens is 1. The monoisotopic (exact) mass is 258 g/mol. The molecule has 1 aromatic carbocycles. The molecule has 2 heterocycles. The molecule has 0 aliphatic carbocycles. The van der Waals surface area contributed by atoms with Gasteiger partial charge in [-0.2, -0.15) is 4.98 Å². The maximum atomic E-state index is 11.9. The lowest BCUT2D eigenvalue weighted by molar-refractivity contribution is 0.0520. The predicted octanol–water partition coefficient (Wildman–Crippen LogP) is 2.34. The highest BCUT2D eigenvalue weighted by atomic mass is 16.5. The zero-order valence-electron chi connectivity index (χ0n) is 10.6. The van der Waals surface area contributed by atoms with Crippen molar-refractivity contribution in [2.45, 2.75) is 6.92 Å². The summed E-state index contributed by atoms with van der Waals surface area (Å²) >= 11 is 0.